The van der Waals surface area contributed by atoms with Crippen LogP contribution in [0.25, 0.3) is 21.8 Å². The quantitative estimate of drug-likeness (QED) is 0.508. The SMILES string of the molecule is COc1cc(C)c2nc3ccccc3c3c2c1[Se]C3=O. The van der Waals surface area contributed by atoms with Gasteiger partial charge in [0.1, 0.15) is 0 Å². The predicted octanol–water partition coefficient (Wildman–Crippen LogP) is 2.19. The molecule has 4 heteroatoms. The normalized spacial score (nSPS) is 13.4. The van der Waals surface area contributed by atoms with Crippen LogP contribution < -0.4 is 9.20 Å². The Labute approximate surface area is 122 Å². The van der Waals surface area contributed by atoms with Gasteiger partial charge in [-0.15, -0.1) is 0 Å². The van der Waals surface area contributed by atoms with E-state index in [-0.39, 0.29) is 19.6 Å². The first-order valence-corrected chi connectivity index (χ1v) is 8.04. The van der Waals surface area contributed by atoms with Gasteiger partial charge in [-0.2, -0.15) is 0 Å². The Morgan fingerprint density at radius 2 is 2.05 bits per heavy atom. The van der Waals surface area contributed by atoms with Gasteiger partial charge in [0.25, 0.3) is 0 Å². The maximum absolute atomic E-state index is 12.5. The third kappa shape index (κ3) is 1.41. The van der Waals surface area contributed by atoms with Crippen molar-refractivity contribution < 1.29 is 9.53 Å². The summed E-state index contributed by atoms with van der Waals surface area (Å²) in [4.78, 5) is 17.2. The van der Waals surface area contributed by atoms with Crippen LogP contribution in [0.5, 0.6) is 5.75 Å². The number of hydrogen-bond donors (Lipinski definition) is 0. The molecule has 0 saturated carbocycles. The van der Waals surface area contributed by atoms with E-state index in [2.05, 4.69) is 0 Å². The molecule has 0 spiro atoms. The van der Waals surface area contributed by atoms with E-state index in [9.17, 15) is 4.79 Å². The van der Waals surface area contributed by atoms with Crippen molar-refractivity contribution in [2.75, 3.05) is 7.11 Å². The molecule has 0 atom stereocenters. The third-order valence-electron chi connectivity index (χ3n) is 3.68. The first-order chi connectivity index (χ1) is 9.70. The molecule has 2 heterocycles. The Morgan fingerprint density at radius 1 is 1.25 bits per heavy atom. The summed E-state index contributed by atoms with van der Waals surface area (Å²) in [6.45, 7) is 2.02. The standard InChI is InChI=1S/C16H11NO2Se/c1-8-7-11(19-2)15-13-12(16(18)20-15)9-5-3-4-6-10(9)17-14(8)13/h3-7H,1-2H3. The van der Waals surface area contributed by atoms with Gasteiger partial charge < -0.3 is 0 Å². The molecule has 0 bridgehead atoms. The molecular formula is C16H11NO2Se. The maximum atomic E-state index is 12.5. The fourth-order valence-electron chi connectivity index (χ4n) is 2.78. The summed E-state index contributed by atoms with van der Waals surface area (Å²) in [5.41, 5.74) is 3.71. The van der Waals surface area contributed by atoms with Crippen molar-refractivity contribution in [2.24, 2.45) is 0 Å². The van der Waals surface area contributed by atoms with Crippen molar-refractivity contribution in [3.63, 3.8) is 0 Å². The van der Waals surface area contributed by atoms with Crippen molar-refractivity contribution in [3.8, 4) is 5.75 Å². The Balaban J connectivity index is 2.32. The molecule has 20 heavy (non-hydrogen) atoms. The Morgan fingerprint density at radius 3 is 2.85 bits per heavy atom. The van der Waals surface area contributed by atoms with Crippen LogP contribution in [0.2, 0.25) is 0 Å². The second-order valence-electron chi connectivity index (χ2n) is 4.84. The van der Waals surface area contributed by atoms with Crippen LogP contribution in [0.4, 0.5) is 0 Å². The zero-order valence-corrected chi connectivity index (χ0v) is 12.8. The van der Waals surface area contributed by atoms with Gasteiger partial charge in [-0.05, 0) is 0 Å². The minimum atomic E-state index is -0.217. The van der Waals surface area contributed by atoms with Gasteiger partial charge in [-0.3, -0.25) is 0 Å². The number of pyridine rings is 1. The van der Waals surface area contributed by atoms with Gasteiger partial charge in [0.05, 0.1) is 0 Å². The van der Waals surface area contributed by atoms with E-state index >= 15 is 0 Å². The molecule has 1 aromatic heterocycles. The second-order valence-corrected chi connectivity index (χ2v) is 6.90. The molecule has 4 rings (SSSR count). The number of fused-ring (bicyclic) bond motifs is 2. The van der Waals surface area contributed by atoms with E-state index in [1.54, 1.807) is 7.11 Å². The number of aromatic nitrogens is 1. The zero-order chi connectivity index (χ0) is 13.9. The number of para-hydroxylation sites is 1. The van der Waals surface area contributed by atoms with Crippen molar-refractivity contribution in [1.82, 2.24) is 4.98 Å². The number of rotatable bonds is 1. The number of methoxy groups -OCH3 is 1. The molecule has 1 aliphatic heterocycles. The molecule has 0 fully saturated rings. The van der Waals surface area contributed by atoms with Crippen molar-refractivity contribution >= 4 is 45.9 Å². The van der Waals surface area contributed by atoms with E-state index in [0.717, 1.165) is 43.1 Å². The number of carbonyl (C=O) groups excluding carboxylic acids is 1. The summed E-state index contributed by atoms with van der Waals surface area (Å²) in [7, 11) is 1.66. The molecule has 3 aromatic rings. The van der Waals surface area contributed by atoms with Gasteiger partial charge in [-0.1, -0.05) is 0 Å². The molecule has 98 valence electrons. The van der Waals surface area contributed by atoms with Gasteiger partial charge in [-0.25, -0.2) is 0 Å². The first kappa shape index (κ1) is 11.9. The Kier molecular flexibility index (Phi) is 2.40. The van der Waals surface area contributed by atoms with E-state index < -0.39 is 0 Å². The Hall–Kier alpha value is -1.90. The van der Waals surface area contributed by atoms with Crippen molar-refractivity contribution in [1.29, 1.82) is 0 Å². The molecule has 0 radical (unpaired) electrons. The second kappa shape index (κ2) is 4.05. The number of nitrogens with zero attached hydrogens (tertiary/aromatic N) is 1. The van der Waals surface area contributed by atoms with Gasteiger partial charge in [0.2, 0.25) is 0 Å². The molecule has 0 saturated heterocycles. The molecule has 3 nitrogen and oxygen atoms in total. The molecule has 0 N–H and O–H groups in total. The van der Waals surface area contributed by atoms with Crippen molar-refractivity contribution in [3.05, 3.63) is 41.5 Å². The van der Waals surface area contributed by atoms with Gasteiger partial charge in [0, 0.05) is 0 Å². The predicted molar refractivity (Wildman–Crippen MR) is 80.3 cm³/mol. The monoisotopic (exact) mass is 329 g/mol. The topological polar surface area (TPSA) is 39.2 Å². The summed E-state index contributed by atoms with van der Waals surface area (Å²) >= 11 is -0.217. The molecule has 0 amide bonds. The molecule has 1 aliphatic rings. The molecule has 2 aromatic carbocycles. The summed E-state index contributed by atoms with van der Waals surface area (Å²) < 4.78 is 6.72. The molecule has 0 aliphatic carbocycles. The van der Waals surface area contributed by atoms with Crippen LogP contribution in [-0.4, -0.2) is 31.7 Å². The van der Waals surface area contributed by atoms with Crippen LogP contribution in [0.1, 0.15) is 15.9 Å². The van der Waals surface area contributed by atoms with Crippen LogP contribution in [-0.2, 0) is 0 Å². The summed E-state index contributed by atoms with van der Waals surface area (Å²) in [6.07, 6.45) is 0. The number of hydrogen-bond acceptors (Lipinski definition) is 3. The minimum absolute atomic E-state index is 0.217. The molecular weight excluding hydrogens is 317 g/mol. The fourth-order valence-corrected chi connectivity index (χ4v) is 4.97. The van der Waals surface area contributed by atoms with Crippen LogP contribution in [0.3, 0.4) is 0 Å². The summed E-state index contributed by atoms with van der Waals surface area (Å²) in [5.74, 6) is 0.819. The fraction of sp³-hybridized carbons (Fsp3) is 0.125. The van der Waals surface area contributed by atoms with E-state index in [0.29, 0.717) is 0 Å². The van der Waals surface area contributed by atoms with E-state index in [1.165, 1.54) is 0 Å². The van der Waals surface area contributed by atoms with Gasteiger partial charge >= 0.3 is 122 Å². The first-order valence-electron chi connectivity index (χ1n) is 6.33. The molecule has 0 unspecified atom stereocenters. The Bertz CT molecular complexity index is 902. The number of carbonyl (C=O) groups is 1. The van der Waals surface area contributed by atoms with Crippen molar-refractivity contribution in [2.45, 2.75) is 6.92 Å². The average Bonchev–Trinajstić information content (AvgIpc) is 2.81. The zero-order valence-electron chi connectivity index (χ0n) is 11.1. The van der Waals surface area contributed by atoms with E-state index in [4.69, 9.17) is 9.72 Å². The summed E-state index contributed by atoms with van der Waals surface area (Å²) in [6, 6.07) is 9.85. The van der Waals surface area contributed by atoms with E-state index in [1.807, 2.05) is 37.3 Å². The number of ether oxygens (including phenoxy) is 1. The average molecular weight is 328 g/mol. The number of benzene rings is 2. The van der Waals surface area contributed by atoms with Crippen LogP contribution in [0, 0.1) is 6.92 Å². The van der Waals surface area contributed by atoms with Crippen LogP contribution in [0.15, 0.2) is 30.3 Å². The third-order valence-corrected chi connectivity index (χ3v) is 5.78. The van der Waals surface area contributed by atoms with Gasteiger partial charge in [0.15, 0.2) is 0 Å². The van der Waals surface area contributed by atoms with Crippen LogP contribution >= 0.6 is 0 Å². The summed E-state index contributed by atoms with van der Waals surface area (Å²) in [5, 5.41) is 1.96. The number of aryl methyl sites for hydroxylation is 1.